The Morgan fingerprint density at radius 1 is 1.17 bits per heavy atom. The second-order valence-electron chi connectivity index (χ2n) is 5.36. The van der Waals surface area contributed by atoms with E-state index in [1.54, 1.807) is 24.3 Å². The van der Waals surface area contributed by atoms with Crippen LogP contribution in [-0.4, -0.2) is 44.7 Å². The molecule has 2 aromatic carbocycles. The molecule has 1 unspecified atom stereocenters. The largest absolute Gasteiger partial charge is 0.415 e. The number of rotatable bonds is 2. The van der Waals surface area contributed by atoms with Gasteiger partial charge in [0.1, 0.15) is 0 Å². The van der Waals surface area contributed by atoms with Gasteiger partial charge in [-0.1, -0.05) is 35.9 Å². The first-order chi connectivity index (χ1) is 11.2. The normalized spacial score (nSPS) is 20.4. The van der Waals surface area contributed by atoms with Gasteiger partial charge in [0.15, 0.2) is 6.10 Å². The number of benzene rings is 2. The molecule has 1 saturated heterocycles. The van der Waals surface area contributed by atoms with Crippen LogP contribution >= 0.6 is 11.6 Å². The van der Waals surface area contributed by atoms with E-state index in [0.717, 1.165) is 4.31 Å². The topological polar surface area (TPSA) is 46.6 Å². The van der Waals surface area contributed by atoms with Gasteiger partial charge in [0, 0.05) is 23.5 Å². The molecule has 1 aliphatic heterocycles. The molecular weight excluding hydrogens is 367 g/mol. The summed E-state index contributed by atoms with van der Waals surface area (Å²) in [6.07, 6.45) is -6.75. The summed E-state index contributed by atoms with van der Waals surface area (Å²) in [4.78, 5) is -0.103. The zero-order valence-electron chi connectivity index (χ0n) is 12.3. The van der Waals surface area contributed by atoms with Crippen molar-refractivity contribution in [2.24, 2.45) is 0 Å². The summed E-state index contributed by atoms with van der Waals surface area (Å²) in [5.41, 5.74) is 0. The first kappa shape index (κ1) is 17.5. The molecule has 0 saturated carbocycles. The minimum Gasteiger partial charge on any atom is -0.366 e. The number of nitrogens with zero attached hydrogens (tertiary/aromatic N) is 1. The number of halogens is 4. The van der Waals surface area contributed by atoms with E-state index in [0.29, 0.717) is 10.8 Å². The monoisotopic (exact) mass is 379 g/mol. The minimum atomic E-state index is -4.62. The molecule has 1 aliphatic rings. The molecule has 4 nitrogen and oxygen atoms in total. The lowest BCUT2D eigenvalue weighted by Crippen LogP contribution is -2.51. The van der Waals surface area contributed by atoms with Gasteiger partial charge < -0.3 is 4.74 Å². The van der Waals surface area contributed by atoms with E-state index >= 15 is 0 Å². The Morgan fingerprint density at radius 3 is 2.50 bits per heavy atom. The number of hydrogen-bond donors (Lipinski definition) is 0. The van der Waals surface area contributed by atoms with Crippen LogP contribution in [0.5, 0.6) is 0 Å². The fraction of sp³-hybridized carbons (Fsp3) is 0.333. The molecule has 0 aliphatic carbocycles. The van der Waals surface area contributed by atoms with E-state index in [1.165, 1.54) is 12.1 Å². The maximum absolute atomic E-state index is 12.9. The van der Waals surface area contributed by atoms with Crippen LogP contribution in [0.2, 0.25) is 5.02 Å². The molecular formula is C15H13ClF3NO3S. The number of ether oxygens (including phenoxy) is 1. The molecule has 0 N–H and O–H groups in total. The summed E-state index contributed by atoms with van der Waals surface area (Å²) in [7, 11) is -4.14. The average Bonchev–Trinajstić information content (AvgIpc) is 2.54. The van der Waals surface area contributed by atoms with Crippen LogP contribution in [0.3, 0.4) is 0 Å². The van der Waals surface area contributed by atoms with Gasteiger partial charge in [-0.15, -0.1) is 0 Å². The lowest BCUT2D eigenvalue weighted by atomic mass is 10.1. The molecule has 9 heteroatoms. The molecule has 2 aromatic rings. The molecule has 130 valence electrons. The third-order valence-corrected chi connectivity index (χ3v) is 6.05. The summed E-state index contributed by atoms with van der Waals surface area (Å²) >= 11 is 6.12. The Morgan fingerprint density at radius 2 is 1.83 bits per heavy atom. The highest BCUT2D eigenvalue weighted by atomic mass is 35.5. The van der Waals surface area contributed by atoms with E-state index in [4.69, 9.17) is 11.6 Å². The summed E-state index contributed by atoms with van der Waals surface area (Å²) in [5.74, 6) is 0. The maximum atomic E-state index is 12.9. The lowest BCUT2D eigenvalue weighted by molar-refractivity contribution is -0.231. The molecule has 0 amide bonds. The van der Waals surface area contributed by atoms with Crippen molar-refractivity contribution in [3.8, 4) is 0 Å². The standard InChI is InChI=1S/C15H13ClF3NO3S/c16-11-5-1-3-10-4-2-6-12(14(10)11)24(21,22)20-7-8-23-13(9-20)15(17,18)19/h1-6,13H,7-9H2. The molecule has 1 fully saturated rings. The molecule has 0 bridgehead atoms. The van der Waals surface area contributed by atoms with Crippen molar-refractivity contribution in [1.82, 2.24) is 4.31 Å². The predicted molar refractivity (Wildman–Crippen MR) is 83.5 cm³/mol. The van der Waals surface area contributed by atoms with Crippen molar-refractivity contribution >= 4 is 32.4 Å². The number of sulfonamides is 1. The summed E-state index contributed by atoms with van der Waals surface area (Å²) < 4.78 is 69.8. The van der Waals surface area contributed by atoms with Crippen LogP contribution in [0.1, 0.15) is 0 Å². The lowest BCUT2D eigenvalue weighted by Gasteiger charge is -2.33. The fourth-order valence-electron chi connectivity index (χ4n) is 2.66. The molecule has 24 heavy (non-hydrogen) atoms. The zero-order chi connectivity index (χ0) is 17.5. The predicted octanol–water partition coefficient (Wildman–Crippen LogP) is 3.45. The van der Waals surface area contributed by atoms with Crippen molar-refractivity contribution in [1.29, 1.82) is 0 Å². The highest BCUT2D eigenvalue weighted by Crippen LogP contribution is 2.33. The van der Waals surface area contributed by atoms with Crippen LogP contribution in [0.4, 0.5) is 13.2 Å². The van der Waals surface area contributed by atoms with Crippen molar-refractivity contribution in [3.63, 3.8) is 0 Å². The van der Waals surface area contributed by atoms with E-state index < -0.39 is 28.8 Å². The number of alkyl halides is 3. The smallest absolute Gasteiger partial charge is 0.366 e. The van der Waals surface area contributed by atoms with E-state index in [1.807, 2.05) is 0 Å². The quantitative estimate of drug-likeness (QED) is 0.803. The molecule has 0 spiro atoms. The highest BCUT2D eigenvalue weighted by molar-refractivity contribution is 7.89. The second kappa shape index (κ2) is 6.18. The van der Waals surface area contributed by atoms with Crippen LogP contribution < -0.4 is 0 Å². The van der Waals surface area contributed by atoms with Crippen molar-refractivity contribution in [3.05, 3.63) is 41.4 Å². The van der Waals surface area contributed by atoms with Gasteiger partial charge in [-0.05, 0) is 17.5 Å². The minimum absolute atomic E-state index is 0.103. The Bertz CT molecular complexity index is 865. The molecule has 1 heterocycles. The van der Waals surface area contributed by atoms with Crippen molar-refractivity contribution in [2.45, 2.75) is 17.2 Å². The Kier molecular flexibility index (Phi) is 4.50. The zero-order valence-corrected chi connectivity index (χ0v) is 13.8. The van der Waals surface area contributed by atoms with Crippen LogP contribution in [-0.2, 0) is 14.8 Å². The molecule has 0 radical (unpaired) electrons. The summed E-state index contributed by atoms with van der Waals surface area (Å²) in [6, 6.07) is 9.49. The maximum Gasteiger partial charge on any atom is 0.415 e. The first-order valence-electron chi connectivity index (χ1n) is 7.07. The Labute approximate surface area is 141 Å². The van der Waals surface area contributed by atoms with Crippen LogP contribution in [0.15, 0.2) is 41.3 Å². The van der Waals surface area contributed by atoms with Gasteiger partial charge >= 0.3 is 6.18 Å². The van der Waals surface area contributed by atoms with E-state index in [9.17, 15) is 21.6 Å². The van der Waals surface area contributed by atoms with Crippen LogP contribution in [0, 0.1) is 0 Å². The SMILES string of the molecule is O=S(=O)(c1cccc2cccc(Cl)c12)N1CCOC(C(F)(F)F)C1. The number of hydrogen-bond acceptors (Lipinski definition) is 3. The number of fused-ring (bicyclic) bond motifs is 1. The van der Waals surface area contributed by atoms with Crippen LogP contribution in [0.25, 0.3) is 10.8 Å². The Balaban J connectivity index is 2.06. The third kappa shape index (κ3) is 3.11. The van der Waals surface area contributed by atoms with Gasteiger partial charge in [0.2, 0.25) is 10.0 Å². The fourth-order valence-corrected chi connectivity index (χ4v) is 4.66. The summed E-state index contributed by atoms with van der Waals surface area (Å²) in [6.45, 7) is -1.23. The van der Waals surface area contributed by atoms with Crippen molar-refractivity contribution < 1.29 is 26.3 Å². The van der Waals surface area contributed by atoms with Gasteiger partial charge in [-0.25, -0.2) is 8.42 Å². The molecule has 1 atom stereocenters. The number of morpholine rings is 1. The van der Waals surface area contributed by atoms with Gasteiger partial charge in [0.25, 0.3) is 0 Å². The third-order valence-electron chi connectivity index (χ3n) is 3.83. The van der Waals surface area contributed by atoms with Crippen molar-refractivity contribution in [2.75, 3.05) is 19.7 Å². The van der Waals surface area contributed by atoms with Gasteiger partial charge in [-0.3, -0.25) is 0 Å². The molecule has 3 rings (SSSR count). The van der Waals surface area contributed by atoms with E-state index in [2.05, 4.69) is 4.74 Å². The van der Waals surface area contributed by atoms with Gasteiger partial charge in [0.05, 0.1) is 11.5 Å². The Hall–Kier alpha value is -1.35. The second-order valence-corrected chi connectivity index (χ2v) is 7.67. The van der Waals surface area contributed by atoms with E-state index in [-0.39, 0.29) is 23.1 Å². The average molecular weight is 380 g/mol. The van der Waals surface area contributed by atoms with Gasteiger partial charge in [-0.2, -0.15) is 17.5 Å². The summed E-state index contributed by atoms with van der Waals surface area (Å²) in [5, 5.41) is 1.13. The highest BCUT2D eigenvalue weighted by Gasteiger charge is 2.46. The molecule has 0 aromatic heterocycles. The first-order valence-corrected chi connectivity index (χ1v) is 8.89.